The van der Waals surface area contributed by atoms with Crippen molar-refractivity contribution in [3.63, 3.8) is 0 Å². The van der Waals surface area contributed by atoms with Crippen molar-refractivity contribution in [1.29, 1.82) is 0 Å². The lowest BCUT2D eigenvalue weighted by atomic mass is 9.99. The highest BCUT2D eigenvalue weighted by molar-refractivity contribution is 7.98. The maximum absolute atomic E-state index is 14.6. The zero-order chi connectivity index (χ0) is 62.5. The molecule has 16 N–H and O–H groups in total. The van der Waals surface area contributed by atoms with Gasteiger partial charge in [-0.3, -0.25) is 57.5 Å². The van der Waals surface area contributed by atoms with Crippen LogP contribution in [0.2, 0.25) is 0 Å². The number of nitrogens with two attached hydrogens (primary N) is 2. The van der Waals surface area contributed by atoms with Gasteiger partial charge in [-0.2, -0.15) is 23.5 Å². The minimum absolute atomic E-state index is 0.0124. The second-order valence-corrected chi connectivity index (χ2v) is 22.5. The van der Waals surface area contributed by atoms with Gasteiger partial charge in [0.2, 0.25) is 59.1 Å². The van der Waals surface area contributed by atoms with Gasteiger partial charge in [0.05, 0.1) is 31.8 Å². The van der Waals surface area contributed by atoms with E-state index < -0.39 is 151 Å². The van der Waals surface area contributed by atoms with Crippen LogP contribution in [0.3, 0.4) is 0 Å². The maximum Gasteiger partial charge on any atom is 0.305 e. The minimum atomic E-state index is -1.90. The number of hydrogen-bond acceptors (Lipinski definition) is 16. The quantitative estimate of drug-likeness (QED) is 0.0307. The molecule has 0 aliphatic heterocycles. The monoisotopic (exact) mass is 1210 g/mol. The molecule has 0 unspecified atom stereocenters. The summed E-state index contributed by atoms with van der Waals surface area (Å²) in [5.74, 6) is -11.5. The molecule has 0 spiro atoms. The van der Waals surface area contributed by atoms with Crippen molar-refractivity contribution in [3.8, 4) is 0 Å². The fraction of sp³-hybridized carbons (Fsp3) is 0.509. The molecule has 0 radical (unpaired) electrons. The minimum Gasteiger partial charge on any atom is -0.481 e. The van der Waals surface area contributed by atoms with Gasteiger partial charge in [-0.15, -0.1) is 0 Å². The largest absolute Gasteiger partial charge is 0.481 e. The normalized spacial score (nSPS) is 14.3. The van der Waals surface area contributed by atoms with E-state index in [1.54, 1.807) is 80.8 Å². The first kappa shape index (κ1) is 70.2. The SMILES string of the molecule is CSCC[C@H](NC(=O)[C@H](CC(C)C)NC(=O)CNC(=O)[C@H](NC(=O)[C@@H](Cc1ccccc1)NC(=O)[C@@H](Cc1ccccc1)NC(=O)[C@H](CC(=O)O)NC(=O)[C@@H](Cc1cnc[nH]1)NC(=O)[C@H](CCSC)NC(=O)[C@@H](N)CC(=O)O)C(C)C)C(N)=O. The number of carbonyl (C=O) groups is 12. The summed E-state index contributed by atoms with van der Waals surface area (Å²) in [6.45, 7) is 6.29. The summed E-state index contributed by atoms with van der Waals surface area (Å²) in [5.41, 5.74) is 12.7. The highest BCUT2D eigenvalue weighted by atomic mass is 32.2. The standard InChI is InChI=1S/C55H79N13O14S2/c1-30(2)21-38(50(77)62-36(47(57)74)17-19-83-5)61-43(69)28-59-55(82)46(31(3)4)68-54(81)40(23-33-15-11-8-12-16-33)65-51(78)39(22-32-13-9-7-10-14-32)64-53(80)42(26-45(72)73)67-52(79)41(24-34-27-58-29-60-34)66-49(76)37(18-20-84-6)63-48(75)35(56)25-44(70)71/h7-16,27,29-31,35-42,46H,17-26,28,56H2,1-6H3,(H2,57,74)(H,58,60)(H,59,82)(H,61,69)(H,62,77)(H,63,75)(H,64,80)(H,65,78)(H,66,76)(H,67,79)(H,68,81)(H,70,71)(H,72,73)/t35-,36-,37-,38-,39+,40+,41+,42-,46+/m0/s1. The Labute approximate surface area is 495 Å². The van der Waals surface area contributed by atoms with Crippen LogP contribution in [-0.4, -0.2) is 176 Å². The van der Waals surface area contributed by atoms with Crippen LogP contribution in [0.5, 0.6) is 0 Å². The summed E-state index contributed by atoms with van der Waals surface area (Å²) in [6, 6.07) is 4.14. The first-order valence-corrected chi connectivity index (χ1v) is 29.8. The van der Waals surface area contributed by atoms with Crippen molar-refractivity contribution in [3.05, 3.63) is 90.0 Å². The van der Waals surface area contributed by atoms with Crippen LogP contribution >= 0.6 is 23.5 Å². The first-order chi connectivity index (χ1) is 39.8. The number of aliphatic carboxylic acids is 2. The van der Waals surface area contributed by atoms with E-state index >= 15 is 0 Å². The molecule has 1 aromatic heterocycles. The number of aromatic nitrogens is 2. The Kier molecular flexibility index (Phi) is 30.5. The summed E-state index contributed by atoms with van der Waals surface area (Å²) in [7, 11) is 0. The van der Waals surface area contributed by atoms with Gasteiger partial charge < -0.3 is 74.5 Å². The van der Waals surface area contributed by atoms with Gasteiger partial charge >= 0.3 is 11.9 Å². The summed E-state index contributed by atoms with van der Waals surface area (Å²) in [4.78, 5) is 167. The third kappa shape index (κ3) is 25.6. The summed E-state index contributed by atoms with van der Waals surface area (Å²) in [6.07, 6.45) is 4.23. The van der Waals surface area contributed by atoms with Crippen molar-refractivity contribution in [2.24, 2.45) is 23.3 Å². The van der Waals surface area contributed by atoms with Crippen LogP contribution in [0, 0.1) is 11.8 Å². The van der Waals surface area contributed by atoms with Crippen LogP contribution < -0.4 is 59.3 Å². The zero-order valence-corrected chi connectivity index (χ0v) is 49.4. The Bertz CT molecular complexity index is 2690. The van der Waals surface area contributed by atoms with Crippen LogP contribution in [0.1, 0.15) is 76.6 Å². The molecule has 9 atom stereocenters. The van der Waals surface area contributed by atoms with E-state index in [0.717, 1.165) is 0 Å². The molecule has 10 amide bonds. The number of rotatable bonds is 38. The van der Waals surface area contributed by atoms with E-state index in [2.05, 4.69) is 57.8 Å². The summed E-state index contributed by atoms with van der Waals surface area (Å²) in [5, 5.41) is 42.1. The molecule has 0 fully saturated rings. The van der Waals surface area contributed by atoms with Crippen LogP contribution in [0.25, 0.3) is 0 Å². The molecule has 460 valence electrons. The average molecular weight is 1210 g/mol. The number of aromatic amines is 1. The zero-order valence-electron chi connectivity index (χ0n) is 47.8. The van der Waals surface area contributed by atoms with Crippen LogP contribution in [-0.2, 0) is 76.8 Å². The van der Waals surface area contributed by atoms with Gasteiger partial charge in [0, 0.05) is 31.2 Å². The number of carboxylic acids is 2. The maximum atomic E-state index is 14.6. The second-order valence-electron chi connectivity index (χ2n) is 20.5. The summed E-state index contributed by atoms with van der Waals surface area (Å²) < 4.78 is 0. The van der Waals surface area contributed by atoms with E-state index in [4.69, 9.17) is 16.6 Å². The van der Waals surface area contributed by atoms with Crippen molar-refractivity contribution in [1.82, 2.24) is 57.8 Å². The van der Waals surface area contributed by atoms with Gasteiger partial charge in [-0.1, -0.05) is 88.4 Å². The molecular weight excluding hydrogens is 1130 g/mol. The van der Waals surface area contributed by atoms with Crippen molar-refractivity contribution in [2.45, 2.75) is 133 Å². The molecule has 1 heterocycles. The first-order valence-electron chi connectivity index (χ1n) is 27.0. The lowest BCUT2D eigenvalue weighted by Crippen LogP contribution is -2.61. The van der Waals surface area contributed by atoms with E-state index in [0.29, 0.717) is 28.3 Å². The predicted molar refractivity (Wildman–Crippen MR) is 313 cm³/mol. The molecule has 2 aromatic carbocycles. The summed E-state index contributed by atoms with van der Waals surface area (Å²) >= 11 is 2.78. The van der Waals surface area contributed by atoms with Gasteiger partial charge in [-0.05, 0) is 66.2 Å². The van der Waals surface area contributed by atoms with Crippen molar-refractivity contribution >= 4 is 94.5 Å². The Morgan fingerprint density at radius 3 is 1.44 bits per heavy atom. The number of thioether (sulfide) groups is 2. The lowest BCUT2D eigenvalue weighted by Gasteiger charge is -2.28. The molecule has 0 bridgehead atoms. The second kappa shape index (κ2) is 36.5. The number of nitrogens with one attached hydrogen (secondary N) is 10. The average Bonchev–Trinajstić information content (AvgIpc) is 4.00. The molecule has 3 rings (SSSR count). The van der Waals surface area contributed by atoms with E-state index in [1.807, 2.05) is 20.1 Å². The molecule has 0 saturated carbocycles. The van der Waals surface area contributed by atoms with E-state index in [9.17, 15) is 62.6 Å². The number of primary amides is 1. The molecule has 27 nitrogen and oxygen atoms in total. The predicted octanol–water partition coefficient (Wildman–Crippen LogP) is -1.60. The number of carboxylic acid groups (broad SMARTS) is 2. The Balaban J connectivity index is 1.92. The number of carbonyl (C=O) groups excluding carboxylic acids is 10. The molecule has 0 aliphatic rings. The highest BCUT2D eigenvalue weighted by Gasteiger charge is 2.36. The van der Waals surface area contributed by atoms with Crippen molar-refractivity contribution in [2.75, 3.05) is 30.6 Å². The highest BCUT2D eigenvalue weighted by Crippen LogP contribution is 2.13. The molecule has 3 aromatic rings. The molecule has 0 aliphatic carbocycles. The van der Waals surface area contributed by atoms with E-state index in [1.165, 1.54) is 36.0 Å². The smallest absolute Gasteiger partial charge is 0.305 e. The Morgan fingerprint density at radius 1 is 0.536 bits per heavy atom. The van der Waals surface area contributed by atoms with Crippen LogP contribution in [0.15, 0.2) is 73.2 Å². The Hall–Kier alpha value is -8.05. The van der Waals surface area contributed by atoms with Gasteiger partial charge in [-0.25, -0.2) is 4.98 Å². The molecule has 84 heavy (non-hydrogen) atoms. The fourth-order valence-electron chi connectivity index (χ4n) is 8.29. The topological polar surface area (TPSA) is 434 Å². The fourth-order valence-corrected chi connectivity index (χ4v) is 9.23. The van der Waals surface area contributed by atoms with Crippen LogP contribution in [0.4, 0.5) is 0 Å². The number of amides is 10. The van der Waals surface area contributed by atoms with Crippen molar-refractivity contribution < 1.29 is 67.7 Å². The van der Waals surface area contributed by atoms with Gasteiger partial charge in [0.1, 0.15) is 48.3 Å². The number of H-pyrrole nitrogens is 1. The number of nitrogens with zero attached hydrogens (tertiary/aromatic N) is 1. The molecule has 0 saturated heterocycles. The number of imidazole rings is 1. The third-order valence-corrected chi connectivity index (χ3v) is 14.0. The lowest BCUT2D eigenvalue weighted by molar-refractivity contribution is -0.142. The number of hydrogen-bond donors (Lipinski definition) is 14. The molecule has 29 heteroatoms. The Morgan fingerprint density at radius 2 is 0.976 bits per heavy atom. The number of benzene rings is 2. The van der Waals surface area contributed by atoms with E-state index in [-0.39, 0.29) is 44.4 Å². The van der Waals surface area contributed by atoms with Gasteiger partial charge in [0.15, 0.2) is 0 Å². The molecular formula is C55H79N13O14S2. The third-order valence-electron chi connectivity index (χ3n) is 12.7. The van der Waals surface area contributed by atoms with Gasteiger partial charge in [0.25, 0.3) is 0 Å².